The Hall–Kier alpha value is -1.54. The molecule has 1 amide bonds. The molecule has 5 nitrogen and oxygen atoms in total. The van der Waals surface area contributed by atoms with E-state index >= 15 is 0 Å². The topological polar surface area (TPSA) is 89.3 Å². The molecule has 122 valence electrons. The molecule has 3 N–H and O–H groups in total. The van der Waals surface area contributed by atoms with Gasteiger partial charge in [0.05, 0.1) is 4.90 Å². The predicted octanol–water partition coefficient (Wildman–Crippen LogP) is 2.14. The van der Waals surface area contributed by atoms with E-state index in [0.29, 0.717) is 0 Å². The Balaban J connectivity index is 2.06. The lowest BCUT2D eigenvalue weighted by molar-refractivity contribution is -0.117. The van der Waals surface area contributed by atoms with Crippen LogP contribution in [-0.2, 0) is 14.6 Å². The van der Waals surface area contributed by atoms with E-state index in [-0.39, 0.29) is 30.0 Å². The van der Waals surface area contributed by atoms with Crippen molar-refractivity contribution in [3.05, 3.63) is 24.3 Å². The largest absolute Gasteiger partial charge is 0.341 e. The lowest BCUT2D eigenvalue weighted by Gasteiger charge is -2.15. The second-order valence-electron chi connectivity index (χ2n) is 5.44. The number of hydrogen-bond donors (Lipinski definition) is 2. The number of halogens is 2. The molecule has 1 aromatic carbocycles. The van der Waals surface area contributed by atoms with Crippen LogP contribution in [0.1, 0.15) is 25.7 Å². The van der Waals surface area contributed by atoms with Gasteiger partial charge in [-0.15, -0.1) is 0 Å². The number of amides is 1. The average Bonchev–Trinajstić information content (AvgIpc) is 2.84. The van der Waals surface area contributed by atoms with Gasteiger partial charge < -0.3 is 11.1 Å². The van der Waals surface area contributed by atoms with Gasteiger partial charge in [0.1, 0.15) is 0 Å². The highest BCUT2D eigenvalue weighted by molar-refractivity contribution is 7.91. The number of anilines is 1. The Morgan fingerprint density at radius 3 is 2.68 bits per heavy atom. The number of carbonyl (C=O) groups is 1. The number of benzene rings is 1. The third-order valence-electron chi connectivity index (χ3n) is 3.85. The minimum atomic E-state index is -4.67. The molecular formula is C14H18F2N2O3S. The predicted molar refractivity (Wildman–Crippen MR) is 78.2 cm³/mol. The summed E-state index contributed by atoms with van der Waals surface area (Å²) < 4.78 is 47.9. The Kier molecular flexibility index (Phi) is 5.12. The van der Waals surface area contributed by atoms with E-state index in [2.05, 4.69) is 5.32 Å². The number of alkyl halides is 2. The first kappa shape index (κ1) is 16.8. The summed E-state index contributed by atoms with van der Waals surface area (Å²) in [6, 6.07) is 4.87. The molecular weight excluding hydrogens is 314 g/mol. The summed E-state index contributed by atoms with van der Waals surface area (Å²) in [5.41, 5.74) is 6.07. The van der Waals surface area contributed by atoms with E-state index in [9.17, 15) is 22.0 Å². The molecule has 0 radical (unpaired) electrons. The van der Waals surface area contributed by atoms with Crippen LogP contribution in [0, 0.1) is 5.92 Å². The first-order valence-electron chi connectivity index (χ1n) is 6.98. The summed E-state index contributed by atoms with van der Waals surface area (Å²) in [5.74, 6) is -3.68. The second-order valence-corrected chi connectivity index (χ2v) is 7.36. The van der Waals surface area contributed by atoms with Gasteiger partial charge in [-0.2, -0.15) is 8.78 Å². The van der Waals surface area contributed by atoms with Crippen molar-refractivity contribution in [1.29, 1.82) is 0 Å². The average molecular weight is 332 g/mol. The van der Waals surface area contributed by atoms with Crippen LogP contribution in [0.25, 0.3) is 0 Å². The van der Waals surface area contributed by atoms with Crippen molar-refractivity contribution in [2.75, 3.05) is 5.32 Å². The van der Waals surface area contributed by atoms with Gasteiger partial charge in [0.2, 0.25) is 15.7 Å². The van der Waals surface area contributed by atoms with Gasteiger partial charge in [0, 0.05) is 18.2 Å². The van der Waals surface area contributed by atoms with Crippen molar-refractivity contribution in [2.24, 2.45) is 11.7 Å². The maximum atomic E-state index is 12.5. The van der Waals surface area contributed by atoms with Crippen LogP contribution in [0.4, 0.5) is 14.5 Å². The Labute approximate surface area is 127 Å². The number of nitrogens with one attached hydrogen (secondary N) is 1. The molecule has 2 atom stereocenters. The van der Waals surface area contributed by atoms with Crippen LogP contribution < -0.4 is 11.1 Å². The van der Waals surface area contributed by atoms with E-state index in [4.69, 9.17) is 5.73 Å². The molecule has 0 unspecified atom stereocenters. The molecule has 22 heavy (non-hydrogen) atoms. The van der Waals surface area contributed by atoms with Crippen LogP contribution in [0.5, 0.6) is 0 Å². The molecule has 0 aromatic heterocycles. The minimum absolute atomic E-state index is 0.00343. The summed E-state index contributed by atoms with van der Waals surface area (Å²) in [5, 5.41) is 2.54. The molecule has 0 heterocycles. The maximum Gasteiger partial charge on any atom is 0.341 e. The molecule has 0 aliphatic heterocycles. The second kappa shape index (κ2) is 6.70. The maximum absolute atomic E-state index is 12.5. The van der Waals surface area contributed by atoms with Crippen molar-refractivity contribution >= 4 is 21.4 Å². The highest BCUT2D eigenvalue weighted by Gasteiger charge is 2.28. The fourth-order valence-electron chi connectivity index (χ4n) is 2.62. The van der Waals surface area contributed by atoms with Crippen molar-refractivity contribution in [2.45, 2.75) is 42.4 Å². The van der Waals surface area contributed by atoms with E-state index < -0.39 is 20.5 Å². The van der Waals surface area contributed by atoms with Crippen molar-refractivity contribution in [1.82, 2.24) is 0 Å². The molecule has 1 aromatic rings. The molecule has 1 aliphatic carbocycles. The van der Waals surface area contributed by atoms with Gasteiger partial charge in [0.15, 0.2) is 0 Å². The zero-order valence-corrected chi connectivity index (χ0v) is 12.7. The number of nitrogens with two attached hydrogens (primary N) is 1. The first-order valence-corrected chi connectivity index (χ1v) is 8.53. The smallest absolute Gasteiger partial charge is 0.327 e. The van der Waals surface area contributed by atoms with E-state index in [1.807, 2.05) is 0 Å². The number of carbonyl (C=O) groups excluding carboxylic acids is 1. The number of hydrogen-bond acceptors (Lipinski definition) is 4. The third kappa shape index (κ3) is 3.80. The summed E-state index contributed by atoms with van der Waals surface area (Å²) in [4.78, 5) is 11.4. The minimum Gasteiger partial charge on any atom is -0.327 e. The van der Waals surface area contributed by atoms with Crippen molar-refractivity contribution < 1.29 is 22.0 Å². The molecule has 1 saturated carbocycles. The van der Waals surface area contributed by atoms with E-state index in [1.165, 1.54) is 12.1 Å². The van der Waals surface area contributed by atoms with Gasteiger partial charge in [-0.25, -0.2) is 8.42 Å². The normalized spacial score (nSPS) is 22.0. The van der Waals surface area contributed by atoms with Crippen molar-refractivity contribution in [3.63, 3.8) is 0 Å². The highest BCUT2D eigenvalue weighted by Crippen LogP contribution is 2.27. The highest BCUT2D eigenvalue weighted by atomic mass is 32.2. The molecule has 2 rings (SSSR count). The molecule has 0 saturated heterocycles. The standard InChI is InChI=1S/C14H18F2N2O3S/c15-14(16)22(20,21)11-5-2-4-10(8-11)18-13(19)7-9-3-1-6-12(9)17/h2,4-5,8-9,12,14H,1,3,6-7,17H2,(H,18,19)/t9-,12+/m0/s1. The van der Waals surface area contributed by atoms with E-state index in [0.717, 1.165) is 31.4 Å². The Bertz CT molecular complexity index is 649. The fraction of sp³-hybridized carbons (Fsp3) is 0.500. The summed E-state index contributed by atoms with van der Waals surface area (Å²) in [6.07, 6.45) is 3.00. The van der Waals surface area contributed by atoms with Gasteiger partial charge in [0.25, 0.3) is 0 Å². The summed E-state index contributed by atoms with van der Waals surface area (Å²) in [7, 11) is -4.67. The van der Waals surface area contributed by atoms with Crippen molar-refractivity contribution in [3.8, 4) is 0 Å². The van der Waals surface area contributed by atoms with Crippen LogP contribution in [-0.4, -0.2) is 26.1 Å². The summed E-state index contributed by atoms with van der Waals surface area (Å²) in [6.45, 7) is 0. The van der Waals surface area contributed by atoms with Crippen LogP contribution in [0.15, 0.2) is 29.2 Å². The molecule has 0 spiro atoms. The monoisotopic (exact) mass is 332 g/mol. The Morgan fingerprint density at radius 1 is 1.36 bits per heavy atom. The van der Waals surface area contributed by atoms with Gasteiger partial charge >= 0.3 is 5.76 Å². The number of sulfone groups is 1. The molecule has 8 heteroatoms. The zero-order chi connectivity index (χ0) is 16.3. The van der Waals surface area contributed by atoms with Crippen LogP contribution in [0.3, 0.4) is 0 Å². The van der Waals surface area contributed by atoms with Gasteiger partial charge in [-0.3, -0.25) is 4.79 Å². The molecule has 1 fully saturated rings. The summed E-state index contributed by atoms with van der Waals surface area (Å²) >= 11 is 0. The van der Waals surface area contributed by atoms with Gasteiger partial charge in [-0.05, 0) is 37.0 Å². The Morgan fingerprint density at radius 2 is 2.09 bits per heavy atom. The molecule has 0 bridgehead atoms. The van der Waals surface area contributed by atoms with E-state index in [1.54, 1.807) is 0 Å². The lowest BCUT2D eigenvalue weighted by atomic mass is 10.00. The fourth-order valence-corrected chi connectivity index (χ4v) is 3.39. The molecule has 1 aliphatic rings. The van der Waals surface area contributed by atoms with Gasteiger partial charge in [-0.1, -0.05) is 12.5 Å². The first-order chi connectivity index (χ1) is 10.3. The van der Waals surface area contributed by atoms with Crippen LogP contribution >= 0.6 is 0 Å². The zero-order valence-electron chi connectivity index (χ0n) is 11.8. The quantitative estimate of drug-likeness (QED) is 0.864. The lowest BCUT2D eigenvalue weighted by Crippen LogP contribution is -2.28. The number of rotatable bonds is 5. The van der Waals surface area contributed by atoms with Crippen LogP contribution in [0.2, 0.25) is 0 Å². The SMILES string of the molecule is N[C@@H]1CCC[C@H]1CC(=O)Nc1cccc(S(=O)(=O)C(F)F)c1. The third-order valence-corrected chi connectivity index (χ3v) is 5.23.